The molecule has 2 bridgehead atoms. The van der Waals surface area contributed by atoms with E-state index in [0.717, 1.165) is 23.0 Å². The van der Waals surface area contributed by atoms with Crippen molar-refractivity contribution in [1.29, 1.82) is 0 Å². The summed E-state index contributed by atoms with van der Waals surface area (Å²) < 4.78 is 23.8. The molecule has 0 amide bonds. The third-order valence-corrected chi connectivity index (χ3v) is 5.81. The maximum Gasteiger partial charge on any atom is 0.306 e. The van der Waals surface area contributed by atoms with E-state index in [4.69, 9.17) is 9.26 Å². The predicted molar refractivity (Wildman–Crippen MR) is 90.0 cm³/mol. The maximum atomic E-state index is 13.0. The van der Waals surface area contributed by atoms with E-state index in [1.165, 1.54) is 37.8 Å². The first-order valence-corrected chi connectivity index (χ1v) is 8.97. The molecule has 0 radical (unpaired) electrons. The monoisotopic (exact) mass is 343 g/mol. The van der Waals surface area contributed by atoms with Gasteiger partial charge >= 0.3 is 5.97 Å². The fourth-order valence-corrected chi connectivity index (χ4v) is 4.42. The molecule has 1 aromatic heterocycles. The topological polar surface area (TPSA) is 52.3 Å². The van der Waals surface area contributed by atoms with E-state index in [-0.39, 0.29) is 18.4 Å². The van der Waals surface area contributed by atoms with Gasteiger partial charge in [-0.15, -0.1) is 0 Å². The Morgan fingerprint density at radius 2 is 2.08 bits per heavy atom. The van der Waals surface area contributed by atoms with E-state index in [1.54, 1.807) is 12.1 Å². The number of fused-ring (bicyclic) bond motifs is 2. The van der Waals surface area contributed by atoms with Gasteiger partial charge in [-0.1, -0.05) is 11.6 Å². The van der Waals surface area contributed by atoms with Gasteiger partial charge < -0.3 is 9.26 Å². The number of ether oxygens (including phenoxy) is 1. The van der Waals surface area contributed by atoms with Gasteiger partial charge in [-0.3, -0.25) is 4.79 Å². The highest BCUT2D eigenvalue weighted by atomic mass is 19.1. The summed E-state index contributed by atoms with van der Waals surface area (Å²) in [5.41, 5.74) is 2.19. The van der Waals surface area contributed by atoms with Crippen LogP contribution in [0.15, 0.2) is 28.8 Å². The van der Waals surface area contributed by atoms with Gasteiger partial charge in [-0.25, -0.2) is 4.39 Å². The number of esters is 1. The fourth-order valence-electron chi connectivity index (χ4n) is 4.42. The summed E-state index contributed by atoms with van der Waals surface area (Å²) in [7, 11) is 0. The number of carbonyl (C=O) groups is 1. The molecule has 0 unspecified atom stereocenters. The van der Waals surface area contributed by atoms with Gasteiger partial charge in [-0.05, 0) is 68.2 Å². The second-order valence-corrected chi connectivity index (χ2v) is 7.39. The van der Waals surface area contributed by atoms with Crippen molar-refractivity contribution in [3.05, 3.63) is 41.3 Å². The zero-order valence-electron chi connectivity index (χ0n) is 14.3. The summed E-state index contributed by atoms with van der Waals surface area (Å²) in [5, 5.41) is 4.01. The molecule has 0 aliphatic heterocycles. The molecule has 3 atom stereocenters. The highest BCUT2D eigenvalue weighted by molar-refractivity contribution is 5.70. The van der Waals surface area contributed by atoms with Gasteiger partial charge in [0.05, 0.1) is 0 Å². The molecule has 0 saturated heterocycles. The van der Waals surface area contributed by atoms with E-state index >= 15 is 0 Å². The Bertz CT molecular complexity index is 768. The first-order valence-electron chi connectivity index (χ1n) is 8.97. The Hall–Kier alpha value is -2.17. The summed E-state index contributed by atoms with van der Waals surface area (Å²) >= 11 is 0. The quantitative estimate of drug-likeness (QED) is 0.741. The Morgan fingerprint density at radius 3 is 2.76 bits per heavy atom. The number of hydrogen-bond acceptors (Lipinski definition) is 4. The molecule has 4 rings (SSSR count). The standard InChI is InChI=1S/C20H22FNO3/c1-12-18(22-25-20(12)14-4-6-17(21)7-5-14)11-24-19(23)10-16-9-13-2-3-15(16)8-13/h4-7,13,15-16H,2-3,8-11H2,1H3/t13-,15+,16+/m0/s1. The van der Waals surface area contributed by atoms with E-state index in [1.807, 2.05) is 6.92 Å². The number of rotatable bonds is 5. The molecule has 2 saturated carbocycles. The largest absolute Gasteiger partial charge is 0.459 e. The predicted octanol–water partition coefficient (Wildman–Crippen LogP) is 4.66. The Balaban J connectivity index is 1.35. The lowest BCUT2D eigenvalue weighted by atomic mass is 9.86. The van der Waals surface area contributed by atoms with Crippen LogP contribution in [-0.4, -0.2) is 11.1 Å². The second-order valence-electron chi connectivity index (χ2n) is 7.39. The van der Waals surface area contributed by atoms with Crippen molar-refractivity contribution < 1.29 is 18.4 Å². The van der Waals surface area contributed by atoms with Crippen LogP contribution in [0.4, 0.5) is 4.39 Å². The molecule has 2 aliphatic carbocycles. The minimum Gasteiger partial charge on any atom is -0.459 e. The van der Waals surface area contributed by atoms with Crippen molar-refractivity contribution in [2.24, 2.45) is 17.8 Å². The van der Waals surface area contributed by atoms with Gasteiger partial charge in [0.1, 0.15) is 18.1 Å². The van der Waals surface area contributed by atoms with Crippen LogP contribution in [0, 0.1) is 30.5 Å². The molecular formula is C20H22FNO3. The van der Waals surface area contributed by atoms with Gasteiger partial charge in [0.25, 0.3) is 0 Å². The van der Waals surface area contributed by atoms with Gasteiger partial charge in [0, 0.05) is 17.5 Å². The second kappa shape index (κ2) is 6.62. The van der Waals surface area contributed by atoms with Crippen LogP contribution in [0.25, 0.3) is 11.3 Å². The number of halogens is 1. The van der Waals surface area contributed by atoms with Gasteiger partial charge in [0.15, 0.2) is 5.76 Å². The first-order chi connectivity index (χ1) is 12.1. The Morgan fingerprint density at radius 1 is 1.28 bits per heavy atom. The third kappa shape index (κ3) is 3.32. The fraction of sp³-hybridized carbons (Fsp3) is 0.500. The molecule has 2 fully saturated rings. The van der Waals surface area contributed by atoms with Crippen molar-refractivity contribution >= 4 is 5.97 Å². The lowest BCUT2D eigenvalue weighted by molar-refractivity contribution is -0.146. The summed E-state index contributed by atoms with van der Waals surface area (Å²) in [5.74, 6) is 2.19. The highest BCUT2D eigenvalue weighted by Gasteiger charge is 2.40. The summed E-state index contributed by atoms with van der Waals surface area (Å²) in [6, 6.07) is 6.06. The average molecular weight is 343 g/mol. The molecule has 25 heavy (non-hydrogen) atoms. The molecule has 1 aromatic carbocycles. The molecular weight excluding hydrogens is 321 g/mol. The average Bonchev–Trinajstić information content (AvgIpc) is 3.30. The Labute approximate surface area is 146 Å². The summed E-state index contributed by atoms with van der Waals surface area (Å²) in [6.45, 7) is 1.99. The molecule has 2 aliphatic rings. The minimum absolute atomic E-state index is 0.121. The van der Waals surface area contributed by atoms with Gasteiger partial charge in [-0.2, -0.15) is 0 Å². The zero-order valence-corrected chi connectivity index (χ0v) is 14.3. The van der Waals surface area contributed by atoms with Crippen LogP contribution in [0.3, 0.4) is 0 Å². The number of hydrogen-bond donors (Lipinski definition) is 0. The molecule has 132 valence electrons. The lowest BCUT2D eigenvalue weighted by Gasteiger charge is -2.20. The summed E-state index contributed by atoms with van der Waals surface area (Å²) in [6.07, 6.45) is 5.59. The number of carbonyl (C=O) groups excluding carboxylic acids is 1. The Kier molecular flexibility index (Phi) is 4.32. The van der Waals surface area contributed by atoms with Crippen molar-refractivity contribution in [3.8, 4) is 11.3 Å². The molecule has 4 nitrogen and oxygen atoms in total. The number of benzene rings is 1. The zero-order chi connectivity index (χ0) is 17.4. The van der Waals surface area contributed by atoms with Crippen molar-refractivity contribution in [2.75, 3.05) is 0 Å². The van der Waals surface area contributed by atoms with Crippen LogP contribution in [0.2, 0.25) is 0 Å². The summed E-state index contributed by atoms with van der Waals surface area (Å²) in [4.78, 5) is 12.2. The molecule has 0 spiro atoms. The molecule has 1 heterocycles. The van der Waals surface area contributed by atoms with Crippen molar-refractivity contribution in [2.45, 2.75) is 45.6 Å². The highest BCUT2D eigenvalue weighted by Crippen LogP contribution is 2.49. The lowest BCUT2D eigenvalue weighted by Crippen LogP contribution is -2.17. The van der Waals surface area contributed by atoms with Crippen LogP contribution >= 0.6 is 0 Å². The van der Waals surface area contributed by atoms with Gasteiger partial charge in [0.2, 0.25) is 0 Å². The van der Waals surface area contributed by atoms with E-state index in [0.29, 0.717) is 23.8 Å². The maximum absolute atomic E-state index is 13.0. The first kappa shape index (κ1) is 16.3. The molecule has 5 heteroatoms. The van der Waals surface area contributed by atoms with E-state index in [9.17, 15) is 9.18 Å². The SMILES string of the molecule is Cc1c(COC(=O)C[C@H]2C[C@H]3CC[C@@H]2C3)noc1-c1ccc(F)cc1. The van der Waals surface area contributed by atoms with Crippen LogP contribution < -0.4 is 0 Å². The third-order valence-electron chi connectivity index (χ3n) is 5.81. The smallest absolute Gasteiger partial charge is 0.306 e. The van der Waals surface area contributed by atoms with Crippen molar-refractivity contribution in [1.82, 2.24) is 5.16 Å². The van der Waals surface area contributed by atoms with Crippen molar-refractivity contribution in [3.63, 3.8) is 0 Å². The molecule has 0 N–H and O–H groups in total. The van der Waals surface area contributed by atoms with Crippen LogP contribution in [-0.2, 0) is 16.1 Å². The number of nitrogens with zero attached hydrogens (tertiary/aromatic N) is 1. The minimum atomic E-state index is -0.296. The van der Waals surface area contributed by atoms with Crippen LogP contribution in [0.1, 0.15) is 43.4 Å². The van der Waals surface area contributed by atoms with E-state index < -0.39 is 0 Å². The normalized spacial score (nSPS) is 24.6. The van der Waals surface area contributed by atoms with Crippen LogP contribution in [0.5, 0.6) is 0 Å². The number of aromatic nitrogens is 1. The molecule has 2 aromatic rings. The van der Waals surface area contributed by atoms with E-state index in [2.05, 4.69) is 5.16 Å².